The number of benzene rings is 1. The largest absolute Gasteiger partial charge is 0.493 e. The maximum Gasteiger partial charge on any atom is 0.265 e. The van der Waals surface area contributed by atoms with Crippen molar-refractivity contribution in [1.82, 2.24) is 9.78 Å². The van der Waals surface area contributed by atoms with Gasteiger partial charge in [-0.3, -0.25) is 9.40 Å². The van der Waals surface area contributed by atoms with Crippen LogP contribution in [0.2, 0.25) is 0 Å². The molecule has 0 bridgehead atoms. The highest BCUT2D eigenvalue weighted by atomic mass is 32.2. The highest BCUT2D eigenvalue weighted by Gasteiger charge is 2.30. The molecule has 0 atom stereocenters. The lowest BCUT2D eigenvalue weighted by molar-refractivity contribution is 0.324. The molecule has 0 aliphatic rings. The molecule has 0 spiro atoms. The summed E-state index contributed by atoms with van der Waals surface area (Å²) in [5.74, 6) is 1.09. The second-order valence-electron chi connectivity index (χ2n) is 6.79. The highest BCUT2D eigenvalue weighted by molar-refractivity contribution is 7.92. The van der Waals surface area contributed by atoms with Crippen LogP contribution in [-0.4, -0.2) is 39.5 Å². The van der Waals surface area contributed by atoms with Crippen LogP contribution in [0, 0.1) is 0 Å². The molecule has 0 radical (unpaired) electrons. The van der Waals surface area contributed by atoms with Crippen molar-refractivity contribution in [3.8, 4) is 17.2 Å². The Morgan fingerprint density at radius 2 is 1.58 bits per heavy atom. The summed E-state index contributed by atoms with van der Waals surface area (Å²) < 4.78 is 45.8. The predicted octanol–water partition coefficient (Wildman–Crippen LogP) is 2.54. The Morgan fingerprint density at radius 1 is 1.04 bits per heavy atom. The normalized spacial score (nSPS) is 12.0. The third-order valence-electron chi connectivity index (χ3n) is 3.71. The van der Waals surface area contributed by atoms with Gasteiger partial charge in [0, 0.05) is 30.8 Å². The van der Waals surface area contributed by atoms with E-state index in [4.69, 9.17) is 14.2 Å². The number of hydrogen-bond donors (Lipinski definition) is 1. The van der Waals surface area contributed by atoms with Crippen molar-refractivity contribution in [3.63, 3.8) is 0 Å². The number of nitrogens with zero attached hydrogens (tertiary/aromatic N) is 2. The van der Waals surface area contributed by atoms with Crippen LogP contribution in [0.15, 0.2) is 23.2 Å². The smallest absolute Gasteiger partial charge is 0.265 e. The topological polar surface area (TPSA) is 91.7 Å². The third kappa shape index (κ3) is 3.87. The Balaban J connectivity index is 2.52. The second kappa shape index (κ2) is 7.06. The molecule has 2 rings (SSSR count). The molecule has 0 fully saturated rings. The zero-order valence-corrected chi connectivity index (χ0v) is 16.9. The lowest BCUT2D eigenvalue weighted by atomic mass is 9.92. The van der Waals surface area contributed by atoms with Crippen molar-refractivity contribution in [2.75, 3.05) is 26.1 Å². The molecular weight excluding hydrogens is 358 g/mol. The number of hydrogen-bond acceptors (Lipinski definition) is 6. The summed E-state index contributed by atoms with van der Waals surface area (Å²) in [6, 6.07) is 3.07. The molecule has 0 saturated carbocycles. The van der Waals surface area contributed by atoms with Crippen LogP contribution in [-0.2, 0) is 22.5 Å². The van der Waals surface area contributed by atoms with E-state index >= 15 is 0 Å². The minimum Gasteiger partial charge on any atom is -0.493 e. The summed E-state index contributed by atoms with van der Waals surface area (Å²) in [4.78, 5) is 0.126. The summed E-state index contributed by atoms with van der Waals surface area (Å²) in [5, 5.41) is 4.31. The highest BCUT2D eigenvalue weighted by Crippen LogP contribution is 2.40. The quantitative estimate of drug-likeness (QED) is 0.824. The molecule has 144 valence electrons. The fraction of sp³-hybridized carbons (Fsp3) is 0.471. The summed E-state index contributed by atoms with van der Waals surface area (Å²) in [6.45, 7) is 5.73. The fourth-order valence-corrected chi connectivity index (χ4v) is 3.96. The van der Waals surface area contributed by atoms with Crippen molar-refractivity contribution in [2.24, 2.45) is 7.05 Å². The van der Waals surface area contributed by atoms with Crippen LogP contribution < -0.4 is 18.9 Å². The number of aromatic nitrogens is 2. The van der Waals surface area contributed by atoms with Crippen LogP contribution in [0.3, 0.4) is 0 Å². The van der Waals surface area contributed by atoms with Crippen molar-refractivity contribution in [1.29, 1.82) is 0 Å². The van der Waals surface area contributed by atoms with E-state index in [1.807, 2.05) is 20.8 Å². The zero-order chi connectivity index (χ0) is 19.7. The number of aryl methyl sites for hydroxylation is 1. The molecule has 26 heavy (non-hydrogen) atoms. The van der Waals surface area contributed by atoms with Gasteiger partial charge in [0.2, 0.25) is 5.75 Å². The van der Waals surface area contributed by atoms with Gasteiger partial charge < -0.3 is 14.2 Å². The molecule has 1 N–H and O–H groups in total. The monoisotopic (exact) mass is 383 g/mol. The van der Waals surface area contributed by atoms with Crippen molar-refractivity contribution in [2.45, 2.75) is 31.1 Å². The van der Waals surface area contributed by atoms with Crippen LogP contribution in [0.25, 0.3) is 0 Å². The van der Waals surface area contributed by atoms with E-state index in [2.05, 4.69) is 9.82 Å². The molecule has 0 amide bonds. The first kappa shape index (κ1) is 19.9. The van der Waals surface area contributed by atoms with Crippen LogP contribution in [0.4, 0.5) is 5.69 Å². The maximum atomic E-state index is 13.0. The van der Waals surface area contributed by atoms with Gasteiger partial charge in [-0.05, 0) is 0 Å². The SMILES string of the molecule is COc1cc(NS(=O)(=O)c2cn(C)nc2C(C)(C)C)cc(OC)c1OC. The van der Waals surface area contributed by atoms with Gasteiger partial charge in [-0.2, -0.15) is 5.10 Å². The van der Waals surface area contributed by atoms with Crippen molar-refractivity contribution >= 4 is 15.7 Å². The average Bonchev–Trinajstić information content (AvgIpc) is 2.96. The summed E-state index contributed by atoms with van der Waals surface area (Å²) in [7, 11) is 2.24. The van der Waals surface area contributed by atoms with E-state index in [9.17, 15) is 8.42 Å². The van der Waals surface area contributed by atoms with E-state index in [-0.39, 0.29) is 4.90 Å². The Kier molecular flexibility index (Phi) is 5.41. The number of anilines is 1. The van der Waals surface area contributed by atoms with Gasteiger partial charge in [-0.15, -0.1) is 0 Å². The van der Waals surface area contributed by atoms with E-state index in [1.54, 1.807) is 7.05 Å². The minimum absolute atomic E-state index is 0.126. The van der Waals surface area contributed by atoms with E-state index in [1.165, 1.54) is 44.3 Å². The van der Waals surface area contributed by atoms with Gasteiger partial charge in [-0.1, -0.05) is 20.8 Å². The minimum atomic E-state index is -3.86. The van der Waals surface area contributed by atoms with Crippen molar-refractivity contribution in [3.05, 3.63) is 24.0 Å². The van der Waals surface area contributed by atoms with E-state index in [0.29, 0.717) is 28.6 Å². The van der Waals surface area contributed by atoms with Crippen LogP contribution in [0.1, 0.15) is 26.5 Å². The van der Waals surface area contributed by atoms with Gasteiger partial charge >= 0.3 is 0 Å². The fourth-order valence-electron chi connectivity index (χ4n) is 2.53. The molecule has 0 aliphatic carbocycles. The zero-order valence-electron chi connectivity index (χ0n) is 16.1. The molecule has 0 unspecified atom stereocenters. The Morgan fingerprint density at radius 3 is 2.00 bits per heavy atom. The van der Waals surface area contributed by atoms with E-state index in [0.717, 1.165) is 0 Å². The molecule has 0 aliphatic heterocycles. The summed E-state index contributed by atoms with van der Waals surface area (Å²) in [5.41, 5.74) is 0.351. The molecule has 1 aromatic carbocycles. The van der Waals surface area contributed by atoms with Gasteiger partial charge in [0.1, 0.15) is 4.90 Å². The standard InChI is InChI=1S/C17H25N3O5S/c1-17(2,3)16-14(10-20(4)18-16)26(21,22)19-11-8-12(23-5)15(25-7)13(9-11)24-6/h8-10,19H,1-7H3. The number of nitrogens with one attached hydrogen (secondary N) is 1. The molecule has 1 heterocycles. The Bertz CT molecular complexity index is 873. The summed E-state index contributed by atoms with van der Waals surface area (Å²) in [6.07, 6.45) is 1.49. The Hall–Kier alpha value is -2.42. The van der Waals surface area contributed by atoms with Gasteiger partial charge in [-0.25, -0.2) is 8.42 Å². The van der Waals surface area contributed by atoms with Gasteiger partial charge in [0.15, 0.2) is 11.5 Å². The predicted molar refractivity (Wildman–Crippen MR) is 98.8 cm³/mol. The first-order valence-corrected chi connectivity index (χ1v) is 9.38. The van der Waals surface area contributed by atoms with Crippen LogP contribution in [0.5, 0.6) is 17.2 Å². The maximum absolute atomic E-state index is 13.0. The van der Waals surface area contributed by atoms with Crippen molar-refractivity contribution < 1.29 is 22.6 Å². The first-order valence-electron chi connectivity index (χ1n) is 7.90. The number of ether oxygens (including phenoxy) is 3. The molecule has 9 heteroatoms. The van der Waals surface area contributed by atoms with Gasteiger partial charge in [0.25, 0.3) is 10.0 Å². The lowest BCUT2D eigenvalue weighted by Gasteiger charge is -2.18. The molecule has 1 aromatic heterocycles. The van der Waals surface area contributed by atoms with E-state index < -0.39 is 15.4 Å². The molecule has 8 nitrogen and oxygen atoms in total. The number of methoxy groups -OCH3 is 3. The van der Waals surface area contributed by atoms with Gasteiger partial charge in [0.05, 0.1) is 32.7 Å². The average molecular weight is 383 g/mol. The molecular formula is C17H25N3O5S. The second-order valence-corrected chi connectivity index (χ2v) is 8.44. The Labute approximate surface area is 154 Å². The number of sulfonamides is 1. The summed E-state index contributed by atoms with van der Waals surface area (Å²) >= 11 is 0. The third-order valence-corrected chi connectivity index (χ3v) is 5.09. The number of rotatable bonds is 6. The molecule has 2 aromatic rings. The van der Waals surface area contributed by atoms with Crippen LogP contribution >= 0.6 is 0 Å². The molecule has 0 saturated heterocycles. The first-order chi connectivity index (χ1) is 12.0. The lowest BCUT2D eigenvalue weighted by Crippen LogP contribution is -2.20.